The third-order valence-corrected chi connectivity index (χ3v) is 8.16. The van der Waals surface area contributed by atoms with Crippen molar-refractivity contribution >= 4 is 32.8 Å². The maximum Gasteiger partial charge on any atom is 0.284 e. The first-order valence-electron chi connectivity index (χ1n) is 9.15. The number of hydrogen-bond donors (Lipinski definition) is 4. The lowest BCUT2D eigenvalue weighted by molar-refractivity contribution is 0.102. The van der Waals surface area contributed by atoms with E-state index in [1.165, 1.54) is 0 Å². The van der Waals surface area contributed by atoms with E-state index in [-0.39, 0.29) is 20.3 Å². The van der Waals surface area contributed by atoms with Gasteiger partial charge >= 0.3 is 0 Å². The molecule has 2 heterocycles. The first-order valence-corrected chi connectivity index (χ1v) is 11.6. The fourth-order valence-electron chi connectivity index (χ4n) is 4.07. The van der Waals surface area contributed by atoms with E-state index in [1.54, 1.807) is 0 Å². The lowest BCUT2D eigenvalue weighted by Crippen LogP contribution is -2.18. The highest BCUT2D eigenvalue weighted by atomic mass is 32.2. The number of fused-ring (bicyclic) bond motifs is 2. The third kappa shape index (κ3) is 3.14. The van der Waals surface area contributed by atoms with Gasteiger partial charge in [-0.1, -0.05) is 25.2 Å². The fourth-order valence-corrected chi connectivity index (χ4v) is 5.97. The molecule has 4 rings (SSSR count). The molecule has 0 bridgehead atoms. The third-order valence-electron chi connectivity index (χ3n) is 5.49. The second kappa shape index (κ2) is 6.58. The summed E-state index contributed by atoms with van der Waals surface area (Å²) >= 11 is 0.798. The van der Waals surface area contributed by atoms with Crippen molar-refractivity contribution in [3.63, 3.8) is 0 Å². The molecular formula is C18H23N5O3S2. The molecule has 0 saturated carbocycles. The molecule has 1 amide bonds. The van der Waals surface area contributed by atoms with Crippen LogP contribution in [0.15, 0.2) is 4.21 Å². The van der Waals surface area contributed by atoms with Gasteiger partial charge in [0, 0.05) is 11.1 Å². The van der Waals surface area contributed by atoms with E-state index in [0.717, 1.165) is 71.6 Å². The van der Waals surface area contributed by atoms with Crippen molar-refractivity contribution in [2.75, 3.05) is 5.32 Å². The Kier molecular flexibility index (Phi) is 4.57. The number of aromatic nitrogens is 2. The second-order valence-electron chi connectivity index (χ2n) is 7.94. The van der Waals surface area contributed by atoms with Crippen LogP contribution in [0.2, 0.25) is 0 Å². The van der Waals surface area contributed by atoms with Gasteiger partial charge in [-0.3, -0.25) is 9.78 Å². The van der Waals surface area contributed by atoms with Gasteiger partial charge in [0.05, 0.1) is 23.7 Å². The number of aliphatic hydroxyl groups is 1. The number of carbonyl (C=O) groups excluding carboxylic acids is 1. The number of aliphatic hydroxyl groups excluding tert-OH is 1. The van der Waals surface area contributed by atoms with Crippen molar-refractivity contribution < 1.29 is 14.1 Å². The number of aryl methyl sites for hydroxylation is 1. The number of anilines is 1. The minimum absolute atomic E-state index is 0.0176. The largest absolute Gasteiger partial charge is 0.390 e. The lowest BCUT2D eigenvalue weighted by Gasteiger charge is -2.20. The minimum atomic E-state index is -3.56. The molecule has 0 spiro atoms. The molecule has 8 nitrogen and oxygen atoms in total. The van der Waals surface area contributed by atoms with Crippen LogP contribution < -0.4 is 10.5 Å². The zero-order valence-corrected chi connectivity index (χ0v) is 17.4. The van der Waals surface area contributed by atoms with Crippen LogP contribution in [-0.4, -0.2) is 25.2 Å². The standard InChI is InChI=1S/C18H23N5O3S2/c1-18(2)7-6-10-13(9-4-3-5-11(9)21-14(10)18)23-15(25)16-22-12(8-24)17(27-16)28(19,20)26/h24H,3-8H2,1-2H3,(H3,19,20,26)(H,21,23,25). The molecule has 2 aliphatic carbocycles. The van der Waals surface area contributed by atoms with Gasteiger partial charge in [-0.05, 0) is 43.2 Å². The predicted octanol–water partition coefficient (Wildman–Crippen LogP) is 2.27. The van der Waals surface area contributed by atoms with Gasteiger partial charge in [-0.2, -0.15) is 0 Å². The highest BCUT2D eigenvalue weighted by Crippen LogP contribution is 2.44. The number of amides is 1. The molecule has 1 unspecified atom stereocenters. The molecule has 10 heteroatoms. The van der Waals surface area contributed by atoms with Crippen LogP contribution in [0.5, 0.6) is 0 Å². The van der Waals surface area contributed by atoms with Gasteiger partial charge in [0.2, 0.25) is 0 Å². The SMILES string of the molecule is CC1(C)CCc2c1nc1c(c2NC(=O)c2nc(CO)c(S(=N)(N)=O)s2)CCC1. The number of carbonyl (C=O) groups is 1. The smallest absolute Gasteiger partial charge is 0.284 e. The van der Waals surface area contributed by atoms with Crippen molar-refractivity contribution in [1.29, 1.82) is 4.78 Å². The molecular weight excluding hydrogens is 398 g/mol. The van der Waals surface area contributed by atoms with Crippen LogP contribution >= 0.6 is 11.3 Å². The van der Waals surface area contributed by atoms with Crippen LogP contribution in [-0.2, 0) is 41.2 Å². The van der Waals surface area contributed by atoms with E-state index >= 15 is 0 Å². The van der Waals surface area contributed by atoms with E-state index in [9.17, 15) is 14.1 Å². The predicted molar refractivity (Wildman–Crippen MR) is 107 cm³/mol. The van der Waals surface area contributed by atoms with Crippen LogP contribution in [0.25, 0.3) is 0 Å². The molecule has 0 fully saturated rings. The average Bonchev–Trinajstić information content (AvgIpc) is 3.31. The van der Waals surface area contributed by atoms with E-state index in [2.05, 4.69) is 24.1 Å². The summed E-state index contributed by atoms with van der Waals surface area (Å²) in [6.07, 6.45) is 4.63. The van der Waals surface area contributed by atoms with Crippen LogP contribution in [0.1, 0.15) is 64.7 Å². The number of thiazole rings is 1. The Morgan fingerprint density at radius 1 is 1.32 bits per heavy atom. The topological polar surface area (TPSA) is 142 Å². The number of nitrogens with zero attached hydrogens (tertiary/aromatic N) is 2. The number of rotatable bonds is 4. The van der Waals surface area contributed by atoms with E-state index in [0.29, 0.717) is 0 Å². The van der Waals surface area contributed by atoms with Gasteiger partial charge < -0.3 is 10.4 Å². The number of nitrogens with one attached hydrogen (secondary N) is 2. The van der Waals surface area contributed by atoms with Gasteiger partial charge in [0.1, 0.15) is 14.1 Å². The molecule has 2 aromatic heterocycles. The Labute approximate surface area is 167 Å². The average molecular weight is 422 g/mol. The second-order valence-corrected chi connectivity index (χ2v) is 10.8. The van der Waals surface area contributed by atoms with Gasteiger partial charge in [0.15, 0.2) is 5.01 Å². The summed E-state index contributed by atoms with van der Waals surface area (Å²) in [4.78, 5) is 21.9. The van der Waals surface area contributed by atoms with Crippen molar-refractivity contribution in [3.05, 3.63) is 33.2 Å². The molecule has 0 aromatic carbocycles. The van der Waals surface area contributed by atoms with Crippen molar-refractivity contribution in [2.45, 2.75) is 62.2 Å². The molecule has 2 aliphatic rings. The van der Waals surface area contributed by atoms with Crippen LogP contribution in [0, 0.1) is 4.78 Å². The van der Waals surface area contributed by atoms with E-state index < -0.39 is 22.4 Å². The Balaban J connectivity index is 1.75. The Morgan fingerprint density at radius 3 is 2.71 bits per heavy atom. The molecule has 1 atom stereocenters. The fraction of sp³-hybridized carbons (Fsp3) is 0.500. The number of nitrogens with two attached hydrogens (primary N) is 1. The highest BCUT2D eigenvalue weighted by Gasteiger charge is 2.36. The zero-order chi connectivity index (χ0) is 20.3. The summed E-state index contributed by atoms with van der Waals surface area (Å²) in [7, 11) is -3.56. The Morgan fingerprint density at radius 2 is 2.07 bits per heavy atom. The Bertz CT molecular complexity index is 1090. The van der Waals surface area contributed by atoms with E-state index in [1.807, 2.05) is 0 Å². The quantitative estimate of drug-likeness (QED) is 0.599. The van der Waals surface area contributed by atoms with Crippen molar-refractivity contribution in [2.24, 2.45) is 5.14 Å². The molecule has 28 heavy (non-hydrogen) atoms. The maximum absolute atomic E-state index is 12.9. The minimum Gasteiger partial charge on any atom is -0.390 e. The number of pyridine rings is 1. The monoisotopic (exact) mass is 421 g/mol. The summed E-state index contributed by atoms with van der Waals surface area (Å²) in [6.45, 7) is 3.82. The first-order chi connectivity index (χ1) is 13.1. The Hall–Kier alpha value is -1.88. The molecule has 0 radical (unpaired) electrons. The molecule has 0 aliphatic heterocycles. The molecule has 0 saturated heterocycles. The summed E-state index contributed by atoms with van der Waals surface area (Å²) < 4.78 is 19.4. The molecule has 150 valence electrons. The normalized spacial score (nSPS) is 19.1. The van der Waals surface area contributed by atoms with Gasteiger partial charge in [0.25, 0.3) is 5.91 Å². The first kappa shape index (κ1) is 19.4. The number of hydrogen-bond acceptors (Lipinski definition) is 7. The van der Waals surface area contributed by atoms with E-state index in [4.69, 9.17) is 14.9 Å². The van der Waals surface area contributed by atoms with Gasteiger partial charge in [-0.15, -0.1) is 0 Å². The molecule has 5 N–H and O–H groups in total. The summed E-state index contributed by atoms with van der Waals surface area (Å²) in [5.41, 5.74) is 5.10. The van der Waals surface area contributed by atoms with Crippen molar-refractivity contribution in [3.8, 4) is 0 Å². The van der Waals surface area contributed by atoms with Crippen LogP contribution in [0.3, 0.4) is 0 Å². The summed E-state index contributed by atoms with van der Waals surface area (Å²) in [6, 6.07) is 0. The lowest BCUT2D eigenvalue weighted by atomic mass is 9.90. The molecule has 2 aromatic rings. The summed E-state index contributed by atoms with van der Waals surface area (Å²) in [5, 5.41) is 17.9. The highest BCUT2D eigenvalue weighted by molar-refractivity contribution is 7.92. The maximum atomic E-state index is 12.9. The zero-order valence-electron chi connectivity index (χ0n) is 15.8. The van der Waals surface area contributed by atoms with Crippen molar-refractivity contribution in [1.82, 2.24) is 9.97 Å². The van der Waals surface area contributed by atoms with Crippen LogP contribution in [0.4, 0.5) is 5.69 Å². The summed E-state index contributed by atoms with van der Waals surface area (Å²) in [5.74, 6) is -0.443. The van der Waals surface area contributed by atoms with Gasteiger partial charge in [-0.25, -0.2) is 19.1 Å².